The van der Waals surface area contributed by atoms with Crippen molar-refractivity contribution in [1.82, 2.24) is 0 Å². The van der Waals surface area contributed by atoms with Crippen LogP contribution < -0.4 is 5.30 Å². The summed E-state index contributed by atoms with van der Waals surface area (Å²) in [6, 6.07) is 11.1. The molecule has 2 aromatic rings. The lowest BCUT2D eigenvalue weighted by atomic mass is 9.99. The van der Waals surface area contributed by atoms with Crippen LogP contribution in [-0.4, -0.2) is 31.6 Å². The molecule has 0 aliphatic carbocycles. The van der Waals surface area contributed by atoms with Gasteiger partial charge in [0.25, 0.3) is 0 Å². The molecule has 6 nitrogen and oxygen atoms in total. The molecule has 0 bridgehead atoms. The van der Waals surface area contributed by atoms with E-state index in [0.717, 1.165) is 22.0 Å². The minimum atomic E-state index is -0.599. The van der Waals surface area contributed by atoms with Crippen LogP contribution in [0.3, 0.4) is 0 Å². The van der Waals surface area contributed by atoms with E-state index in [2.05, 4.69) is 19.6 Å². The lowest BCUT2D eigenvalue weighted by Gasteiger charge is -2.12. The van der Waals surface area contributed by atoms with Crippen molar-refractivity contribution in [2.24, 2.45) is 10.3 Å². The van der Waals surface area contributed by atoms with E-state index in [0.29, 0.717) is 16.3 Å². The number of aryl methyl sites for hydroxylation is 1. The van der Waals surface area contributed by atoms with Crippen LogP contribution in [0.5, 0.6) is 0 Å². The summed E-state index contributed by atoms with van der Waals surface area (Å²) >= 11 is 6.27. The molecule has 0 radical (unpaired) electrons. The molecule has 2 aromatic carbocycles. The van der Waals surface area contributed by atoms with Gasteiger partial charge in [0.2, 0.25) is 0 Å². The van der Waals surface area contributed by atoms with Crippen LogP contribution >= 0.6 is 20.8 Å². The molecule has 0 aliphatic heterocycles. The molecule has 0 saturated carbocycles. The Labute approximate surface area is 171 Å². The fraction of sp³-hybridized carbons (Fsp3) is 0.250. The zero-order chi connectivity index (χ0) is 20.7. The van der Waals surface area contributed by atoms with E-state index >= 15 is 0 Å². The van der Waals surface area contributed by atoms with Crippen LogP contribution in [0.2, 0.25) is 5.02 Å². The first-order valence-electron chi connectivity index (χ1n) is 8.39. The first-order chi connectivity index (χ1) is 13.4. The number of carbonyl (C=O) groups is 1. The van der Waals surface area contributed by atoms with Crippen molar-refractivity contribution in [3.05, 3.63) is 63.7 Å². The van der Waals surface area contributed by atoms with Gasteiger partial charge in [-0.25, -0.2) is 4.79 Å². The molecular weight excluding hydrogens is 399 g/mol. The Kier molecular flexibility index (Phi) is 7.97. The van der Waals surface area contributed by atoms with E-state index < -0.39 is 5.97 Å². The van der Waals surface area contributed by atoms with Gasteiger partial charge in [-0.15, -0.1) is 9.24 Å². The van der Waals surface area contributed by atoms with Crippen molar-refractivity contribution < 1.29 is 19.2 Å². The summed E-state index contributed by atoms with van der Waals surface area (Å²) in [5.74, 6) is -0.599. The normalized spacial score (nSPS) is 11.9. The summed E-state index contributed by atoms with van der Waals surface area (Å²) in [5.41, 5.74) is 3.73. The summed E-state index contributed by atoms with van der Waals surface area (Å²) in [5, 5.41) is 9.56. The summed E-state index contributed by atoms with van der Waals surface area (Å²) in [4.78, 5) is 22.4. The number of ether oxygens (including phenoxy) is 1. The van der Waals surface area contributed by atoms with Gasteiger partial charge in [-0.3, -0.25) is 0 Å². The molecule has 0 aromatic heterocycles. The molecule has 0 aliphatic rings. The molecule has 0 N–H and O–H groups in total. The topological polar surface area (TPSA) is 69.5 Å². The molecule has 0 amide bonds. The molecule has 28 heavy (non-hydrogen) atoms. The third-order valence-corrected chi connectivity index (χ3v) is 4.69. The van der Waals surface area contributed by atoms with E-state index in [-0.39, 0.29) is 12.3 Å². The number of benzene rings is 2. The number of hydrogen-bond acceptors (Lipinski definition) is 6. The Hall–Kier alpha value is -2.43. The van der Waals surface area contributed by atoms with E-state index in [9.17, 15) is 4.79 Å². The molecule has 148 valence electrons. The lowest BCUT2D eigenvalue weighted by molar-refractivity contribution is -0.132. The Morgan fingerprint density at radius 2 is 1.89 bits per heavy atom. The molecule has 0 spiro atoms. The summed E-state index contributed by atoms with van der Waals surface area (Å²) < 4.78 is 4.80. The number of esters is 1. The average Bonchev–Trinajstić information content (AvgIpc) is 2.66. The van der Waals surface area contributed by atoms with Crippen LogP contribution in [-0.2, 0) is 25.8 Å². The van der Waals surface area contributed by atoms with E-state index in [1.165, 1.54) is 14.2 Å². The first kappa shape index (κ1) is 21.9. The number of oxime groups is 2. The summed E-state index contributed by atoms with van der Waals surface area (Å²) in [7, 11) is 5.25. The highest BCUT2D eigenvalue weighted by atomic mass is 35.5. The van der Waals surface area contributed by atoms with Gasteiger partial charge >= 0.3 is 5.97 Å². The zero-order valence-corrected chi connectivity index (χ0v) is 18.1. The molecule has 0 heterocycles. The second kappa shape index (κ2) is 10.2. The number of hydrogen-bond donors (Lipinski definition) is 0. The smallest absolute Gasteiger partial charge is 0.360 e. The van der Waals surface area contributed by atoms with Gasteiger partial charge in [0.1, 0.15) is 13.7 Å². The predicted molar refractivity (Wildman–Crippen MR) is 115 cm³/mol. The average molecular weight is 421 g/mol. The molecule has 8 heteroatoms. The van der Waals surface area contributed by atoms with E-state index in [1.807, 2.05) is 44.2 Å². The highest BCUT2D eigenvalue weighted by molar-refractivity contribution is 7.27. The Morgan fingerprint density at radius 3 is 2.54 bits per heavy atom. The Bertz CT molecular complexity index is 928. The highest BCUT2D eigenvalue weighted by Crippen LogP contribution is 2.19. The molecular formula is C20H22ClN2O4P. The van der Waals surface area contributed by atoms with Gasteiger partial charge in [-0.1, -0.05) is 52.2 Å². The minimum absolute atomic E-state index is 0.0621. The number of methoxy groups -OCH3 is 1. The number of rotatable bonds is 7. The predicted octanol–water partition coefficient (Wildman–Crippen LogP) is 3.61. The summed E-state index contributed by atoms with van der Waals surface area (Å²) in [6.07, 6.45) is 0. The van der Waals surface area contributed by atoms with Crippen LogP contribution in [0.4, 0.5) is 0 Å². The Balaban J connectivity index is 2.29. The van der Waals surface area contributed by atoms with Gasteiger partial charge in [-0.2, -0.15) is 0 Å². The fourth-order valence-electron chi connectivity index (χ4n) is 2.57. The largest absolute Gasteiger partial charge is 0.464 e. The van der Waals surface area contributed by atoms with Crippen molar-refractivity contribution in [3.8, 4) is 0 Å². The van der Waals surface area contributed by atoms with Crippen molar-refractivity contribution in [2.75, 3.05) is 14.2 Å². The van der Waals surface area contributed by atoms with Gasteiger partial charge in [0, 0.05) is 16.7 Å². The first-order valence-corrected chi connectivity index (χ1v) is 9.34. The number of carbonyl (C=O) groups excluding carboxylic acids is 1. The van der Waals surface area contributed by atoms with Crippen LogP contribution in [0.15, 0.2) is 46.7 Å². The quantitative estimate of drug-likeness (QED) is 0.297. The zero-order valence-electron chi connectivity index (χ0n) is 16.2. The Morgan fingerprint density at radius 1 is 1.14 bits per heavy atom. The molecule has 2 rings (SSSR count). The molecule has 0 saturated heterocycles. The van der Waals surface area contributed by atoms with Gasteiger partial charge < -0.3 is 14.4 Å². The number of nitrogens with zero attached hydrogens (tertiary/aromatic N) is 2. The van der Waals surface area contributed by atoms with Gasteiger partial charge in [0.15, 0.2) is 5.71 Å². The van der Waals surface area contributed by atoms with Crippen LogP contribution in [0.25, 0.3) is 0 Å². The minimum Gasteiger partial charge on any atom is -0.464 e. The maximum atomic E-state index is 12.1. The lowest BCUT2D eigenvalue weighted by Crippen LogP contribution is -2.20. The van der Waals surface area contributed by atoms with Crippen LogP contribution in [0.1, 0.15) is 29.2 Å². The van der Waals surface area contributed by atoms with E-state index in [4.69, 9.17) is 26.0 Å². The second-order valence-corrected chi connectivity index (χ2v) is 6.98. The third kappa shape index (κ3) is 5.31. The SMILES string of the molecule is CO/N=C(/C(=O)OC)c1cccc(C)c1CO/N=C(\C)c1ccc(P)cc1Cl. The van der Waals surface area contributed by atoms with Crippen molar-refractivity contribution in [1.29, 1.82) is 0 Å². The maximum absolute atomic E-state index is 12.1. The van der Waals surface area contributed by atoms with E-state index in [1.54, 1.807) is 6.07 Å². The third-order valence-electron chi connectivity index (χ3n) is 4.02. The monoisotopic (exact) mass is 420 g/mol. The van der Waals surface area contributed by atoms with Crippen molar-refractivity contribution >= 4 is 43.5 Å². The number of halogens is 1. The molecule has 0 fully saturated rings. The van der Waals surface area contributed by atoms with Crippen molar-refractivity contribution in [3.63, 3.8) is 0 Å². The highest BCUT2D eigenvalue weighted by Gasteiger charge is 2.20. The van der Waals surface area contributed by atoms with Crippen LogP contribution in [0, 0.1) is 6.92 Å². The fourth-order valence-corrected chi connectivity index (χ4v) is 3.26. The molecule has 1 unspecified atom stereocenters. The maximum Gasteiger partial charge on any atom is 0.360 e. The van der Waals surface area contributed by atoms with Crippen molar-refractivity contribution in [2.45, 2.75) is 20.5 Å². The second-order valence-electron chi connectivity index (χ2n) is 5.90. The standard InChI is InChI=1S/C20H22ClN2O4P/c1-12-6-5-7-16(19(23-26-4)20(24)25-3)17(12)11-27-22-13(2)15-9-8-14(28)10-18(15)21/h5-10H,11,28H2,1-4H3/b22-13+,23-19+. The molecule has 1 atom stereocenters. The van der Waals surface area contributed by atoms with Gasteiger partial charge in [0.05, 0.1) is 17.8 Å². The van der Waals surface area contributed by atoms with Gasteiger partial charge in [-0.05, 0) is 30.8 Å². The summed E-state index contributed by atoms with van der Waals surface area (Å²) in [6.45, 7) is 3.86.